The maximum atomic E-state index is 14.0. The van der Waals surface area contributed by atoms with Crippen LogP contribution in [0.4, 0.5) is 10.1 Å². The molecular weight excluding hydrogens is 427 g/mol. The van der Waals surface area contributed by atoms with Crippen LogP contribution in [-0.2, 0) is 6.54 Å². The highest BCUT2D eigenvalue weighted by Gasteiger charge is 2.18. The fourth-order valence-corrected chi connectivity index (χ4v) is 3.86. The number of fused-ring (bicyclic) bond motifs is 4. The van der Waals surface area contributed by atoms with Crippen molar-refractivity contribution < 1.29 is 13.7 Å². The molecule has 6 rings (SSSR count). The summed E-state index contributed by atoms with van der Waals surface area (Å²) in [5, 5.41) is 19.7. The van der Waals surface area contributed by atoms with E-state index in [9.17, 15) is 14.5 Å². The zero-order valence-corrected chi connectivity index (χ0v) is 16.8. The minimum atomic E-state index is -0.473. The van der Waals surface area contributed by atoms with E-state index in [1.807, 2.05) is 28.8 Å². The molecule has 33 heavy (non-hydrogen) atoms. The number of nitrogens with zero attached hydrogens (tertiary/aromatic N) is 6. The number of hydrogen-bond acceptors (Lipinski definition) is 7. The van der Waals surface area contributed by atoms with Crippen LogP contribution in [0.15, 0.2) is 71.1 Å². The van der Waals surface area contributed by atoms with Gasteiger partial charge in [0.05, 0.1) is 21.5 Å². The Morgan fingerprint density at radius 3 is 2.48 bits per heavy atom. The number of benzene rings is 3. The largest absolute Gasteiger partial charge is 0.419 e. The van der Waals surface area contributed by atoms with Crippen LogP contribution in [0.3, 0.4) is 0 Å². The van der Waals surface area contributed by atoms with Crippen LogP contribution in [0.5, 0.6) is 0 Å². The van der Waals surface area contributed by atoms with Crippen LogP contribution in [0.1, 0.15) is 5.89 Å². The Labute approximate surface area is 184 Å². The lowest BCUT2D eigenvalue weighted by atomic mass is 10.2. The van der Waals surface area contributed by atoms with Gasteiger partial charge in [0.2, 0.25) is 11.8 Å². The molecule has 3 heterocycles. The lowest BCUT2D eigenvalue weighted by Gasteiger charge is -2.04. The van der Waals surface area contributed by atoms with Crippen molar-refractivity contribution in [3.8, 4) is 11.5 Å². The highest BCUT2D eigenvalue weighted by molar-refractivity contribution is 6.06. The van der Waals surface area contributed by atoms with E-state index in [2.05, 4.69) is 10.2 Å². The van der Waals surface area contributed by atoms with Crippen molar-refractivity contribution in [1.82, 2.24) is 24.7 Å². The highest BCUT2D eigenvalue weighted by atomic mass is 19.1. The van der Waals surface area contributed by atoms with Crippen molar-refractivity contribution >= 4 is 38.8 Å². The first-order chi connectivity index (χ1) is 16.1. The number of para-hydroxylation sites is 2. The van der Waals surface area contributed by atoms with E-state index in [4.69, 9.17) is 14.4 Å². The minimum Gasteiger partial charge on any atom is -0.419 e. The average molecular weight is 440 g/mol. The summed E-state index contributed by atoms with van der Waals surface area (Å²) >= 11 is 0. The Kier molecular flexibility index (Phi) is 4.12. The molecule has 0 amide bonds. The van der Waals surface area contributed by atoms with Gasteiger partial charge in [-0.15, -0.1) is 10.2 Å². The van der Waals surface area contributed by atoms with Gasteiger partial charge >= 0.3 is 0 Å². The molecule has 0 atom stereocenters. The van der Waals surface area contributed by atoms with E-state index in [0.29, 0.717) is 39.0 Å². The standard InChI is InChI=1S/C23H13FN6O3/c24-14-7-10-19-16(11-14)21-22(26-18-4-2-1-3-17(18)25-21)29(19)12-20-27-28-23(33-20)13-5-8-15(9-6-13)30(31)32/h1-11H,12H2. The normalized spacial score (nSPS) is 11.5. The first-order valence-electron chi connectivity index (χ1n) is 9.98. The molecule has 0 bridgehead atoms. The number of aromatic nitrogens is 5. The van der Waals surface area contributed by atoms with Crippen LogP contribution < -0.4 is 0 Å². The Hall–Kier alpha value is -4.73. The Bertz CT molecular complexity index is 1690. The Morgan fingerprint density at radius 2 is 1.73 bits per heavy atom. The molecule has 0 saturated heterocycles. The van der Waals surface area contributed by atoms with Crippen molar-refractivity contribution in [1.29, 1.82) is 0 Å². The molecule has 0 fully saturated rings. The van der Waals surface area contributed by atoms with Crippen LogP contribution in [0.25, 0.3) is 44.6 Å². The third-order valence-electron chi connectivity index (χ3n) is 5.40. The number of hydrogen-bond donors (Lipinski definition) is 0. The molecule has 0 aliphatic rings. The predicted octanol–water partition coefficient (Wildman–Crippen LogP) is 4.88. The minimum absolute atomic E-state index is 0.0261. The molecule has 0 radical (unpaired) electrons. The van der Waals surface area contributed by atoms with E-state index in [1.54, 1.807) is 18.2 Å². The van der Waals surface area contributed by atoms with Gasteiger partial charge in [-0.3, -0.25) is 10.1 Å². The fourth-order valence-electron chi connectivity index (χ4n) is 3.86. The summed E-state index contributed by atoms with van der Waals surface area (Å²) in [6.45, 7) is 0.193. The van der Waals surface area contributed by atoms with Crippen LogP contribution in [-0.4, -0.2) is 29.7 Å². The summed E-state index contributed by atoms with van der Waals surface area (Å²) < 4.78 is 21.7. The van der Waals surface area contributed by atoms with Gasteiger partial charge in [0.15, 0.2) is 5.65 Å². The van der Waals surface area contributed by atoms with Gasteiger partial charge in [-0.05, 0) is 42.5 Å². The molecule has 9 nitrogen and oxygen atoms in total. The molecule has 10 heteroatoms. The average Bonchev–Trinajstić information content (AvgIpc) is 3.41. The van der Waals surface area contributed by atoms with Gasteiger partial charge < -0.3 is 8.98 Å². The molecule has 3 aromatic carbocycles. The summed E-state index contributed by atoms with van der Waals surface area (Å²) in [5.41, 5.74) is 3.86. The maximum absolute atomic E-state index is 14.0. The van der Waals surface area contributed by atoms with E-state index >= 15 is 0 Å². The first-order valence-corrected chi connectivity index (χ1v) is 9.98. The number of nitro groups is 1. The second-order valence-electron chi connectivity index (χ2n) is 7.44. The molecule has 0 saturated carbocycles. The topological polar surface area (TPSA) is 113 Å². The maximum Gasteiger partial charge on any atom is 0.269 e. The lowest BCUT2D eigenvalue weighted by Crippen LogP contribution is -2.01. The summed E-state index contributed by atoms with van der Waals surface area (Å²) in [5.74, 6) is 0.180. The summed E-state index contributed by atoms with van der Waals surface area (Å²) in [4.78, 5) is 19.9. The zero-order valence-electron chi connectivity index (χ0n) is 16.8. The van der Waals surface area contributed by atoms with Crippen LogP contribution in [0.2, 0.25) is 0 Å². The smallest absolute Gasteiger partial charge is 0.269 e. The van der Waals surface area contributed by atoms with Gasteiger partial charge in [0.25, 0.3) is 5.69 Å². The van der Waals surface area contributed by atoms with E-state index in [-0.39, 0.29) is 23.9 Å². The van der Waals surface area contributed by atoms with E-state index in [1.165, 1.54) is 24.3 Å². The lowest BCUT2D eigenvalue weighted by molar-refractivity contribution is -0.384. The summed E-state index contributed by atoms with van der Waals surface area (Å²) in [6.07, 6.45) is 0. The number of non-ortho nitro benzene ring substituents is 1. The molecular formula is C23H13FN6O3. The van der Waals surface area contributed by atoms with Crippen molar-refractivity contribution in [2.24, 2.45) is 0 Å². The van der Waals surface area contributed by atoms with Gasteiger partial charge in [-0.2, -0.15) is 0 Å². The quantitative estimate of drug-likeness (QED) is 0.283. The van der Waals surface area contributed by atoms with Gasteiger partial charge in [0.1, 0.15) is 17.9 Å². The molecule has 0 N–H and O–H groups in total. The second-order valence-corrected chi connectivity index (χ2v) is 7.44. The van der Waals surface area contributed by atoms with Crippen LogP contribution in [0, 0.1) is 15.9 Å². The van der Waals surface area contributed by atoms with Gasteiger partial charge in [-0.25, -0.2) is 14.4 Å². The number of nitro benzene ring substituents is 1. The monoisotopic (exact) mass is 440 g/mol. The van der Waals surface area contributed by atoms with E-state index in [0.717, 1.165) is 5.52 Å². The number of halogens is 1. The third kappa shape index (κ3) is 3.16. The molecule has 160 valence electrons. The third-order valence-corrected chi connectivity index (χ3v) is 5.40. The Balaban J connectivity index is 1.46. The fraction of sp³-hybridized carbons (Fsp3) is 0.0435. The molecule has 6 aromatic rings. The molecule has 0 spiro atoms. The molecule has 0 unspecified atom stereocenters. The SMILES string of the molecule is O=[N+]([O-])c1ccc(-c2nnc(Cn3c4ccc(F)cc4c4nc5ccccc5nc43)o2)cc1. The summed E-state index contributed by atoms with van der Waals surface area (Å²) in [7, 11) is 0. The van der Waals surface area contributed by atoms with Gasteiger partial charge in [0, 0.05) is 23.1 Å². The van der Waals surface area contributed by atoms with Crippen LogP contribution >= 0.6 is 0 Å². The van der Waals surface area contributed by atoms with E-state index < -0.39 is 4.92 Å². The first kappa shape index (κ1) is 19.0. The second kappa shape index (κ2) is 7.16. The summed E-state index contributed by atoms with van der Waals surface area (Å²) in [6, 6.07) is 17.8. The predicted molar refractivity (Wildman–Crippen MR) is 118 cm³/mol. The van der Waals surface area contributed by atoms with Crippen molar-refractivity contribution in [3.05, 3.63) is 88.6 Å². The van der Waals surface area contributed by atoms with Gasteiger partial charge in [-0.1, -0.05) is 12.1 Å². The number of rotatable bonds is 4. The van der Waals surface area contributed by atoms with Crippen molar-refractivity contribution in [3.63, 3.8) is 0 Å². The Morgan fingerprint density at radius 1 is 0.970 bits per heavy atom. The molecule has 3 aromatic heterocycles. The highest BCUT2D eigenvalue weighted by Crippen LogP contribution is 2.30. The zero-order chi connectivity index (χ0) is 22.5. The van der Waals surface area contributed by atoms with Crippen molar-refractivity contribution in [2.75, 3.05) is 0 Å². The molecule has 0 aliphatic carbocycles. The molecule has 0 aliphatic heterocycles. The van der Waals surface area contributed by atoms with Crippen molar-refractivity contribution in [2.45, 2.75) is 6.54 Å².